The number of sulfonamides is 1. The summed E-state index contributed by atoms with van der Waals surface area (Å²) in [5, 5.41) is 2.96. The van der Waals surface area contributed by atoms with Crippen molar-refractivity contribution in [2.45, 2.75) is 42.7 Å². The lowest BCUT2D eigenvalue weighted by Crippen LogP contribution is -2.36. The Morgan fingerprint density at radius 1 is 1.14 bits per heavy atom. The molecule has 2 aliphatic rings. The van der Waals surface area contributed by atoms with Crippen LogP contribution in [0.4, 0.5) is 0 Å². The number of hydrogen-bond donors (Lipinski definition) is 2. The molecule has 1 saturated carbocycles. The number of amides is 1. The van der Waals surface area contributed by atoms with Gasteiger partial charge in [-0.3, -0.25) is 9.69 Å². The maximum absolute atomic E-state index is 12.6. The predicted octanol–water partition coefficient (Wildman–Crippen LogP) is 2.29. The van der Waals surface area contributed by atoms with Crippen LogP contribution in [0.1, 0.15) is 47.8 Å². The van der Waals surface area contributed by atoms with Crippen molar-refractivity contribution in [2.24, 2.45) is 0 Å². The molecular formula is C20H25N3O4S. The van der Waals surface area contributed by atoms with Crippen LogP contribution in [-0.2, 0) is 10.0 Å². The lowest BCUT2D eigenvalue weighted by atomic mass is 10.1. The number of furan rings is 1. The molecule has 2 aromatic rings. The lowest BCUT2D eigenvalue weighted by Gasteiger charge is -2.26. The Balaban J connectivity index is 1.40. The first-order valence-electron chi connectivity index (χ1n) is 9.71. The maximum Gasteiger partial charge on any atom is 0.251 e. The number of carbonyl (C=O) groups excluding carboxylic acids is 1. The normalized spacial score (nSPS) is 18.9. The molecule has 8 heteroatoms. The molecule has 0 spiro atoms. The van der Waals surface area contributed by atoms with Crippen molar-refractivity contribution in [3.05, 3.63) is 54.0 Å². The average molecular weight is 404 g/mol. The number of nitrogens with zero attached hydrogens (tertiary/aromatic N) is 1. The SMILES string of the molecule is O=C(NCC(c1ccco1)N1CCCC1)c1ccc(S(=O)(=O)NC2CC2)cc1. The van der Waals surface area contributed by atoms with Gasteiger partial charge in [-0.1, -0.05) is 0 Å². The van der Waals surface area contributed by atoms with Crippen LogP contribution in [0.25, 0.3) is 0 Å². The van der Waals surface area contributed by atoms with Crippen LogP contribution in [-0.4, -0.2) is 44.9 Å². The van der Waals surface area contributed by atoms with Gasteiger partial charge in [-0.05, 0) is 75.2 Å². The third-order valence-electron chi connectivity index (χ3n) is 5.23. The molecule has 1 aromatic heterocycles. The summed E-state index contributed by atoms with van der Waals surface area (Å²) in [6, 6.07) is 9.90. The first-order valence-corrected chi connectivity index (χ1v) is 11.2. The second kappa shape index (κ2) is 8.06. The van der Waals surface area contributed by atoms with E-state index in [0.29, 0.717) is 12.1 Å². The lowest BCUT2D eigenvalue weighted by molar-refractivity contribution is 0.0933. The van der Waals surface area contributed by atoms with Gasteiger partial charge >= 0.3 is 0 Å². The highest BCUT2D eigenvalue weighted by Crippen LogP contribution is 2.25. The Morgan fingerprint density at radius 3 is 2.46 bits per heavy atom. The van der Waals surface area contributed by atoms with Crippen molar-refractivity contribution in [3.63, 3.8) is 0 Å². The summed E-state index contributed by atoms with van der Waals surface area (Å²) in [5.74, 6) is 0.615. The first kappa shape index (κ1) is 19.2. The van der Waals surface area contributed by atoms with Crippen LogP contribution in [0.15, 0.2) is 52.0 Å². The highest BCUT2D eigenvalue weighted by Gasteiger charge is 2.28. The zero-order valence-corrected chi connectivity index (χ0v) is 16.5. The summed E-state index contributed by atoms with van der Waals surface area (Å²) in [6.07, 6.45) is 5.71. The summed E-state index contributed by atoms with van der Waals surface area (Å²) < 4.78 is 32.7. The van der Waals surface area contributed by atoms with Gasteiger partial charge in [0.1, 0.15) is 5.76 Å². The van der Waals surface area contributed by atoms with Gasteiger partial charge in [0.15, 0.2) is 0 Å². The summed E-state index contributed by atoms with van der Waals surface area (Å²) >= 11 is 0. The van der Waals surface area contributed by atoms with Crippen molar-refractivity contribution < 1.29 is 17.6 Å². The van der Waals surface area contributed by atoms with Gasteiger partial charge in [-0.15, -0.1) is 0 Å². The molecule has 2 heterocycles. The number of rotatable bonds is 8. The molecule has 0 bridgehead atoms. The van der Waals surface area contributed by atoms with E-state index < -0.39 is 10.0 Å². The molecule has 1 aliphatic heterocycles. The van der Waals surface area contributed by atoms with E-state index in [9.17, 15) is 13.2 Å². The van der Waals surface area contributed by atoms with Crippen LogP contribution in [0.2, 0.25) is 0 Å². The molecule has 28 heavy (non-hydrogen) atoms. The number of likely N-dealkylation sites (tertiary alicyclic amines) is 1. The minimum absolute atomic E-state index is 0.00356. The van der Waals surface area contributed by atoms with Crippen molar-refractivity contribution in [2.75, 3.05) is 19.6 Å². The van der Waals surface area contributed by atoms with E-state index in [0.717, 1.165) is 44.5 Å². The zero-order chi connectivity index (χ0) is 19.6. The van der Waals surface area contributed by atoms with Gasteiger partial charge in [0.25, 0.3) is 5.91 Å². The molecule has 1 atom stereocenters. The molecule has 150 valence electrons. The molecule has 7 nitrogen and oxygen atoms in total. The van der Waals surface area contributed by atoms with Gasteiger partial charge in [0.05, 0.1) is 17.2 Å². The predicted molar refractivity (Wildman–Crippen MR) is 104 cm³/mol. The Labute approximate surface area is 165 Å². The quantitative estimate of drug-likeness (QED) is 0.706. The van der Waals surface area contributed by atoms with Crippen molar-refractivity contribution in [1.29, 1.82) is 0 Å². The van der Waals surface area contributed by atoms with Crippen LogP contribution in [0.5, 0.6) is 0 Å². The van der Waals surface area contributed by atoms with E-state index >= 15 is 0 Å². The van der Waals surface area contributed by atoms with E-state index in [1.807, 2.05) is 12.1 Å². The molecule has 1 aliphatic carbocycles. The van der Waals surface area contributed by atoms with Crippen LogP contribution in [0, 0.1) is 0 Å². The fraction of sp³-hybridized carbons (Fsp3) is 0.450. The summed E-state index contributed by atoms with van der Waals surface area (Å²) in [5.41, 5.74) is 0.435. The summed E-state index contributed by atoms with van der Waals surface area (Å²) in [7, 11) is -3.51. The number of carbonyl (C=O) groups is 1. The molecule has 4 rings (SSSR count). The number of nitrogens with one attached hydrogen (secondary N) is 2. The van der Waals surface area contributed by atoms with Gasteiger partial charge in [-0.2, -0.15) is 0 Å². The second-order valence-electron chi connectivity index (χ2n) is 7.40. The van der Waals surface area contributed by atoms with E-state index in [-0.39, 0.29) is 22.9 Å². The molecule has 1 unspecified atom stereocenters. The summed E-state index contributed by atoms with van der Waals surface area (Å²) in [6.45, 7) is 2.42. The largest absolute Gasteiger partial charge is 0.468 e. The number of benzene rings is 1. The Bertz CT molecular complexity index is 899. The van der Waals surface area contributed by atoms with Gasteiger partial charge in [0.2, 0.25) is 10.0 Å². The molecule has 1 amide bonds. The van der Waals surface area contributed by atoms with Gasteiger partial charge in [-0.25, -0.2) is 13.1 Å². The molecular weight excluding hydrogens is 378 g/mol. The van der Waals surface area contributed by atoms with Gasteiger partial charge in [0, 0.05) is 18.2 Å². The Kier molecular flexibility index (Phi) is 5.52. The van der Waals surface area contributed by atoms with E-state index in [1.165, 1.54) is 12.1 Å². The molecule has 2 fully saturated rings. The van der Waals surface area contributed by atoms with E-state index in [4.69, 9.17) is 4.42 Å². The van der Waals surface area contributed by atoms with E-state index in [2.05, 4.69) is 14.9 Å². The van der Waals surface area contributed by atoms with E-state index in [1.54, 1.807) is 18.4 Å². The third kappa shape index (κ3) is 4.45. The van der Waals surface area contributed by atoms with Gasteiger partial charge < -0.3 is 9.73 Å². The van der Waals surface area contributed by atoms with Crippen LogP contribution < -0.4 is 10.0 Å². The van der Waals surface area contributed by atoms with Crippen molar-refractivity contribution in [3.8, 4) is 0 Å². The zero-order valence-electron chi connectivity index (χ0n) is 15.6. The van der Waals surface area contributed by atoms with Crippen molar-refractivity contribution >= 4 is 15.9 Å². The summed E-state index contributed by atoms with van der Waals surface area (Å²) in [4.78, 5) is 15.1. The van der Waals surface area contributed by atoms with Crippen LogP contribution in [0.3, 0.4) is 0 Å². The smallest absolute Gasteiger partial charge is 0.251 e. The Hall–Kier alpha value is -2.16. The Morgan fingerprint density at radius 2 is 1.86 bits per heavy atom. The fourth-order valence-electron chi connectivity index (χ4n) is 3.51. The topological polar surface area (TPSA) is 91.7 Å². The minimum atomic E-state index is -3.51. The highest BCUT2D eigenvalue weighted by atomic mass is 32.2. The average Bonchev–Trinajstić information content (AvgIpc) is 3.15. The van der Waals surface area contributed by atoms with Crippen LogP contribution >= 0.6 is 0 Å². The molecule has 1 saturated heterocycles. The monoisotopic (exact) mass is 403 g/mol. The standard InChI is InChI=1S/C20H25N3O4S/c24-20(15-5-9-17(10-6-15)28(25,26)22-16-7-8-16)21-14-18(19-4-3-13-27-19)23-11-1-2-12-23/h3-6,9-10,13,16,18,22H,1-2,7-8,11-12,14H2,(H,21,24). The van der Waals surface area contributed by atoms with Crippen molar-refractivity contribution in [1.82, 2.24) is 14.9 Å². The second-order valence-corrected chi connectivity index (χ2v) is 9.12. The maximum atomic E-state index is 12.6. The third-order valence-corrected chi connectivity index (χ3v) is 6.77. The minimum Gasteiger partial charge on any atom is -0.468 e. The first-order chi connectivity index (χ1) is 13.5. The molecule has 0 radical (unpaired) electrons. The fourth-order valence-corrected chi connectivity index (χ4v) is 4.81. The molecule has 2 N–H and O–H groups in total. The molecule has 1 aromatic carbocycles. The highest BCUT2D eigenvalue weighted by molar-refractivity contribution is 7.89. The number of hydrogen-bond acceptors (Lipinski definition) is 5.